The van der Waals surface area contributed by atoms with Gasteiger partial charge in [-0.15, -0.1) is 0 Å². The van der Waals surface area contributed by atoms with E-state index in [-0.39, 0.29) is 5.91 Å². The predicted molar refractivity (Wildman–Crippen MR) is 103 cm³/mol. The molecule has 1 aromatic heterocycles. The molecule has 1 heterocycles. The Kier molecular flexibility index (Phi) is 4.31. The van der Waals surface area contributed by atoms with Crippen molar-refractivity contribution in [2.75, 3.05) is 5.32 Å². The van der Waals surface area contributed by atoms with E-state index in [1.807, 2.05) is 60.7 Å². The van der Waals surface area contributed by atoms with Gasteiger partial charge >= 0.3 is 0 Å². The molecule has 4 heteroatoms. The Morgan fingerprint density at radius 1 is 0.769 bits per heavy atom. The Labute approximate surface area is 151 Å². The number of nitrogens with zero attached hydrogens (tertiary/aromatic N) is 1. The lowest BCUT2D eigenvalue weighted by molar-refractivity contribution is 0.102. The summed E-state index contributed by atoms with van der Waals surface area (Å²) in [4.78, 5) is 16.9. The number of anilines is 1. The third kappa shape index (κ3) is 3.39. The molecule has 0 aliphatic rings. The molecule has 4 aromatic rings. The second-order valence-electron chi connectivity index (χ2n) is 5.77. The SMILES string of the molecule is O=C(Nc1cccc2ncccc12)c1ccc(Oc2ccccc2)cc1. The molecule has 1 N–H and O–H groups in total. The van der Waals surface area contributed by atoms with E-state index < -0.39 is 0 Å². The first-order chi connectivity index (χ1) is 12.8. The van der Waals surface area contributed by atoms with Crippen LogP contribution in [-0.4, -0.2) is 10.9 Å². The fraction of sp³-hybridized carbons (Fsp3) is 0. The first-order valence-electron chi connectivity index (χ1n) is 8.28. The second kappa shape index (κ2) is 7.07. The van der Waals surface area contributed by atoms with Crippen molar-refractivity contribution in [3.8, 4) is 11.5 Å². The summed E-state index contributed by atoms with van der Waals surface area (Å²) in [5.41, 5.74) is 2.15. The normalized spacial score (nSPS) is 10.5. The number of ether oxygens (including phenoxy) is 1. The Bertz CT molecular complexity index is 1040. The zero-order valence-electron chi connectivity index (χ0n) is 13.9. The Balaban J connectivity index is 1.51. The predicted octanol–water partition coefficient (Wildman–Crippen LogP) is 5.28. The number of hydrogen-bond donors (Lipinski definition) is 1. The second-order valence-corrected chi connectivity index (χ2v) is 5.77. The van der Waals surface area contributed by atoms with Crippen LogP contribution in [0.15, 0.2) is 91.1 Å². The highest BCUT2D eigenvalue weighted by Gasteiger charge is 2.09. The van der Waals surface area contributed by atoms with Gasteiger partial charge in [0.15, 0.2) is 0 Å². The van der Waals surface area contributed by atoms with Crippen LogP contribution < -0.4 is 10.1 Å². The summed E-state index contributed by atoms with van der Waals surface area (Å²) in [5.74, 6) is 1.27. The molecule has 4 nitrogen and oxygen atoms in total. The first kappa shape index (κ1) is 15.8. The molecule has 0 unspecified atom stereocenters. The summed E-state index contributed by atoms with van der Waals surface area (Å²) in [6.45, 7) is 0. The summed E-state index contributed by atoms with van der Waals surface area (Å²) in [6.07, 6.45) is 1.74. The van der Waals surface area contributed by atoms with Crippen LogP contribution in [0.1, 0.15) is 10.4 Å². The van der Waals surface area contributed by atoms with Gasteiger partial charge in [0, 0.05) is 17.1 Å². The van der Waals surface area contributed by atoms with Gasteiger partial charge in [0.2, 0.25) is 0 Å². The lowest BCUT2D eigenvalue weighted by Crippen LogP contribution is -2.12. The summed E-state index contributed by atoms with van der Waals surface area (Å²) >= 11 is 0. The van der Waals surface area contributed by atoms with E-state index in [1.165, 1.54) is 0 Å². The monoisotopic (exact) mass is 340 g/mol. The van der Waals surface area contributed by atoms with E-state index >= 15 is 0 Å². The van der Waals surface area contributed by atoms with E-state index in [0.717, 1.165) is 22.3 Å². The molecule has 0 aliphatic carbocycles. The number of benzene rings is 3. The van der Waals surface area contributed by atoms with Gasteiger partial charge in [-0.25, -0.2) is 0 Å². The van der Waals surface area contributed by atoms with E-state index in [1.54, 1.807) is 30.5 Å². The van der Waals surface area contributed by atoms with Gasteiger partial charge in [0.25, 0.3) is 5.91 Å². The molecule has 126 valence electrons. The Morgan fingerprint density at radius 3 is 2.35 bits per heavy atom. The summed E-state index contributed by atoms with van der Waals surface area (Å²) < 4.78 is 5.75. The minimum Gasteiger partial charge on any atom is -0.457 e. The van der Waals surface area contributed by atoms with Crippen molar-refractivity contribution < 1.29 is 9.53 Å². The maximum absolute atomic E-state index is 12.6. The number of fused-ring (bicyclic) bond motifs is 1. The number of hydrogen-bond acceptors (Lipinski definition) is 3. The molecular weight excluding hydrogens is 324 g/mol. The molecule has 3 aromatic carbocycles. The van der Waals surface area contributed by atoms with Gasteiger partial charge in [0.05, 0.1) is 11.2 Å². The van der Waals surface area contributed by atoms with Crippen molar-refractivity contribution in [2.45, 2.75) is 0 Å². The van der Waals surface area contributed by atoms with Crippen LogP contribution in [0.3, 0.4) is 0 Å². The zero-order chi connectivity index (χ0) is 17.8. The summed E-state index contributed by atoms with van der Waals surface area (Å²) in [6, 6.07) is 26.0. The van der Waals surface area contributed by atoms with E-state index in [0.29, 0.717) is 11.3 Å². The highest BCUT2D eigenvalue weighted by atomic mass is 16.5. The zero-order valence-corrected chi connectivity index (χ0v) is 13.9. The molecule has 0 fully saturated rings. The number of rotatable bonds is 4. The highest BCUT2D eigenvalue weighted by molar-refractivity contribution is 6.08. The number of carbonyl (C=O) groups excluding carboxylic acids is 1. The van der Waals surface area contributed by atoms with Gasteiger partial charge in [-0.1, -0.05) is 24.3 Å². The van der Waals surface area contributed by atoms with Crippen molar-refractivity contribution in [3.63, 3.8) is 0 Å². The van der Waals surface area contributed by atoms with Crippen LogP contribution in [0.4, 0.5) is 5.69 Å². The molecule has 0 radical (unpaired) electrons. The van der Waals surface area contributed by atoms with Crippen LogP contribution >= 0.6 is 0 Å². The van der Waals surface area contributed by atoms with Crippen molar-refractivity contribution in [3.05, 3.63) is 96.7 Å². The molecule has 1 amide bonds. The van der Waals surface area contributed by atoms with Crippen LogP contribution in [0, 0.1) is 0 Å². The molecule has 0 bridgehead atoms. The molecule has 0 spiro atoms. The van der Waals surface area contributed by atoms with Crippen molar-refractivity contribution in [2.24, 2.45) is 0 Å². The third-order valence-corrected chi connectivity index (χ3v) is 3.99. The fourth-order valence-electron chi connectivity index (χ4n) is 2.71. The van der Waals surface area contributed by atoms with Gasteiger partial charge in [-0.05, 0) is 60.7 Å². The number of aromatic nitrogens is 1. The lowest BCUT2D eigenvalue weighted by Gasteiger charge is -2.09. The van der Waals surface area contributed by atoms with Crippen molar-refractivity contribution in [1.29, 1.82) is 0 Å². The summed E-state index contributed by atoms with van der Waals surface area (Å²) in [7, 11) is 0. The largest absolute Gasteiger partial charge is 0.457 e. The van der Waals surface area contributed by atoms with Crippen LogP contribution in [0.25, 0.3) is 10.9 Å². The Hall–Kier alpha value is -3.66. The van der Waals surface area contributed by atoms with Gasteiger partial charge in [0.1, 0.15) is 11.5 Å². The van der Waals surface area contributed by atoms with Crippen molar-refractivity contribution >= 4 is 22.5 Å². The first-order valence-corrected chi connectivity index (χ1v) is 8.28. The van der Waals surface area contributed by atoms with E-state index in [9.17, 15) is 4.79 Å². The van der Waals surface area contributed by atoms with Gasteiger partial charge < -0.3 is 10.1 Å². The minimum atomic E-state index is -0.174. The number of amides is 1. The maximum atomic E-state index is 12.6. The lowest BCUT2D eigenvalue weighted by atomic mass is 10.1. The van der Waals surface area contributed by atoms with Crippen LogP contribution in [-0.2, 0) is 0 Å². The quantitative estimate of drug-likeness (QED) is 0.550. The van der Waals surface area contributed by atoms with Gasteiger partial charge in [-0.2, -0.15) is 0 Å². The highest BCUT2D eigenvalue weighted by Crippen LogP contribution is 2.24. The smallest absolute Gasteiger partial charge is 0.255 e. The van der Waals surface area contributed by atoms with E-state index in [4.69, 9.17) is 4.74 Å². The number of pyridine rings is 1. The van der Waals surface area contributed by atoms with Crippen molar-refractivity contribution in [1.82, 2.24) is 4.98 Å². The minimum absolute atomic E-state index is 0.174. The average molecular weight is 340 g/mol. The summed E-state index contributed by atoms with van der Waals surface area (Å²) in [5, 5.41) is 3.86. The number of nitrogens with one attached hydrogen (secondary N) is 1. The number of carbonyl (C=O) groups is 1. The fourth-order valence-corrected chi connectivity index (χ4v) is 2.71. The van der Waals surface area contributed by atoms with Crippen LogP contribution in [0.5, 0.6) is 11.5 Å². The number of para-hydroxylation sites is 1. The van der Waals surface area contributed by atoms with Gasteiger partial charge in [-0.3, -0.25) is 9.78 Å². The molecule has 4 rings (SSSR count). The third-order valence-electron chi connectivity index (χ3n) is 3.99. The van der Waals surface area contributed by atoms with Crippen LogP contribution in [0.2, 0.25) is 0 Å². The Morgan fingerprint density at radius 2 is 1.54 bits per heavy atom. The molecule has 0 saturated carbocycles. The van der Waals surface area contributed by atoms with E-state index in [2.05, 4.69) is 10.3 Å². The molecular formula is C22H16N2O2. The molecule has 0 saturated heterocycles. The topological polar surface area (TPSA) is 51.2 Å². The molecule has 0 aliphatic heterocycles. The standard InChI is InChI=1S/C22H16N2O2/c25-22(24-21-10-4-9-20-19(21)8-5-15-23-20)16-11-13-18(14-12-16)26-17-6-2-1-3-7-17/h1-15H,(H,24,25). The average Bonchev–Trinajstić information content (AvgIpc) is 2.70. The maximum Gasteiger partial charge on any atom is 0.255 e. The molecule has 26 heavy (non-hydrogen) atoms. The molecule has 0 atom stereocenters.